The Morgan fingerprint density at radius 1 is 1.09 bits per heavy atom. The molecule has 1 amide bonds. The standard InChI is InChI=1S/C21H17Br2N3O5S/c1-31-19-8-3-2-7-18(19)26-32(29,30)16-6-4-5-13(10-16)21(28)25-24-12-14-9-15(22)11-17(23)20(14)27/h2-12,26-27H,1H3,(H,25,28)/b24-12-. The number of carbonyl (C=O) groups is 1. The molecule has 0 aliphatic heterocycles. The second-order valence-electron chi connectivity index (χ2n) is 6.36. The maximum atomic E-state index is 12.8. The molecular formula is C21H17Br2N3O5S. The maximum Gasteiger partial charge on any atom is 0.271 e. The van der Waals surface area contributed by atoms with Crippen molar-refractivity contribution < 1.29 is 23.1 Å². The molecule has 166 valence electrons. The van der Waals surface area contributed by atoms with E-state index in [0.717, 1.165) is 0 Å². The van der Waals surface area contributed by atoms with Crippen molar-refractivity contribution in [3.8, 4) is 11.5 Å². The molecule has 0 aromatic heterocycles. The first-order valence-electron chi connectivity index (χ1n) is 8.98. The van der Waals surface area contributed by atoms with E-state index in [4.69, 9.17) is 4.74 Å². The lowest BCUT2D eigenvalue weighted by Gasteiger charge is -2.12. The molecule has 0 saturated heterocycles. The fourth-order valence-electron chi connectivity index (χ4n) is 2.65. The molecule has 0 aliphatic carbocycles. The summed E-state index contributed by atoms with van der Waals surface area (Å²) in [6.45, 7) is 0. The van der Waals surface area contributed by atoms with Gasteiger partial charge in [0.2, 0.25) is 0 Å². The number of phenols is 1. The molecule has 0 saturated carbocycles. The summed E-state index contributed by atoms with van der Waals surface area (Å²) >= 11 is 6.52. The Morgan fingerprint density at radius 2 is 1.84 bits per heavy atom. The molecule has 0 spiro atoms. The summed E-state index contributed by atoms with van der Waals surface area (Å²) in [5, 5.41) is 13.9. The fraction of sp³-hybridized carbons (Fsp3) is 0.0476. The molecule has 3 aromatic carbocycles. The zero-order chi connectivity index (χ0) is 23.3. The largest absolute Gasteiger partial charge is 0.506 e. The Morgan fingerprint density at radius 3 is 2.59 bits per heavy atom. The Labute approximate surface area is 201 Å². The molecule has 0 unspecified atom stereocenters. The predicted octanol–water partition coefficient (Wildman–Crippen LogP) is 4.49. The van der Waals surface area contributed by atoms with Gasteiger partial charge in [0, 0.05) is 15.6 Å². The maximum absolute atomic E-state index is 12.8. The predicted molar refractivity (Wildman–Crippen MR) is 129 cm³/mol. The van der Waals surface area contributed by atoms with Crippen molar-refractivity contribution in [1.82, 2.24) is 5.43 Å². The van der Waals surface area contributed by atoms with Crippen LogP contribution in [0.25, 0.3) is 0 Å². The molecule has 0 aliphatic rings. The van der Waals surface area contributed by atoms with Crippen molar-refractivity contribution in [2.75, 3.05) is 11.8 Å². The molecule has 0 heterocycles. The summed E-state index contributed by atoms with van der Waals surface area (Å²) in [6, 6.07) is 15.4. The normalized spacial score (nSPS) is 11.3. The molecule has 0 atom stereocenters. The van der Waals surface area contributed by atoms with E-state index in [0.29, 0.717) is 20.3 Å². The molecule has 3 aromatic rings. The highest BCUT2D eigenvalue weighted by Gasteiger charge is 2.18. The smallest absolute Gasteiger partial charge is 0.271 e. The minimum absolute atomic E-state index is 0.0401. The minimum Gasteiger partial charge on any atom is -0.506 e. The molecule has 0 radical (unpaired) electrons. The van der Waals surface area contributed by atoms with Gasteiger partial charge in [0.1, 0.15) is 11.5 Å². The summed E-state index contributed by atoms with van der Waals surface area (Å²) in [6.07, 6.45) is 1.27. The van der Waals surface area contributed by atoms with E-state index in [1.807, 2.05) is 0 Å². The van der Waals surface area contributed by atoms with Gasteiger partial charge in [-0.3, -0.25) is 9.52 Å². The number of sulfonamides is 1. The van der Waals surface area contributed by atoms with Crippen LogP contribution in [0, 0.1) is 0 Å². The topological polar surface area (TPSA) is 117 Å². The average Bonchev–Trinajstić information content (AvgIpc) is 2.77. The van der Waals surface area contributed by atoms with Gasteiger partial charge in [-0.2, -0.15) is 5.10 Å². The molecular weight excluding hydrogens is 566 g/mol. The van der Waals surface area contributed by atoms with Gasteiger partial charge in [0.05, 0.1) is 28.4 Å². The molecule has 8 nitrogen and oxygen atoms in total. The number of para-hydroxylation sites is 2. The van der Waals surface area contributed by atoms with E-state index in [1.54, 1.807) is 36.4 Å². The van der Waals surface area contributed by atoms with Crippen molar-refractivity contribution >= 4 is 59.7 Å². The van der Waals surface area contributed by atoms with Gasteiger partial charge < -0.3 is 9.84 Å². The van der Waals surface area contributed by atoms with Crippen molar-refractivity contribution in [2.45, 2.75) is 4.90 Å². The summed E-state index contributed by atoms with van der Waals surface area (Å²) in [5.41, 5.74) is 3.04. The third kappa shape index (κ3) is 5.67. The van der Waals surface area contributed by atoms with Crippen LogP contribution in [-0.4, -0.2) is 32.8 Å². The Balaban J connectivity index is 1.77. The van der Waals surface area contributed by atoms with Crippen LogP contribution >= 0.6 is 31.9 Å². The number of nitrogens with one attached hydrogen (secondary N) is 2. The number of aromatic hydroxyl groups is 1. The van der Waals surface area contributed by atoms with Gasteiger partial charge >= 0.3 is 0 Å². The number of anilines is 1. The first-order chi connectivity index (χ1) is 15.2. The number of carbonyl (C=O) groups excluding carboxylic acids is 1. The van der Waals surface area contributed by atoms with Gasteiger partial charge in [-0.05, 0) is 58.4 Å². The first kappa shape index (κ1) is 23.8. The van der Waals surface area contributed by atoms with Gasteiger partial charge in [-0.25, -0.2) is 13.8 Å². The number of amides is 1. The number of benzene rings is 3. The number of nitrogens with zero attached hydrogens (tertiary/aromatic N) is 1. The zero-order valence-electron chi connectivity index (χ0n) is 16.5. The van der Waals surface area contributed by atoms with Crippen molar-refractivity contribution in [2.24, 2.45) is 5.10 Å². The highest BCUT2D eigenvalue weighted by atomic mass is 79.9. The molecule has 32 heavy (non-hydrogen) atoms. The van der Waals surface area contributed by atoms with E-state index in [9.17, 15) is 18.3 Å². The number of hydrazone groups is 1. The van der Waals surface area contributed by atoms with E-state index < -0.39 is 15.9 Å². The number of phenolic OH excluding ortho intramolecular Hbond substituents is 1. The van der Waals surface area contributed by atoms with Crippen LogP contribution in [0.15, 0.2) is 79.6 Å². The second kappa shape index (κ2) is 10.2. The number of methoxy groups -OCH3 is 1. The average molecular weight is 583 g/mol. The number of rotatable bonds is 7. The van der Waals surface area contributed by atoms with Gasteiger partial charge in [0.15, 0.2) is 0 Å². The Bertz CT molecular complexity index is 1300. The van der Waals surface area contributed by atoms with Crippen LogP contribution < -0.4 is 14.9 Å². The first-order valence-corrected chi connectivity index (χ1v) is 12.1. The molecule has 11 heteroatoms. The van der Waals surface area contributed by atoms with E-state index >= 15 is 0 Å². The minimum atomic E-state index is -3.97. The Kier molecular flexibility index (Phi) is 7.54. The van der Waals surface area contributed by atoms with Crippen LogP contribution in [0.1, 0.15) is 15.9 Å². The fourth-order valence-corrected chi connectivity index (χ4v) is 5.02. The third-order valence-electron chi connectivity index (χ3n) is 4.19. The van der Waals surface area contributed by atoms with E-state index in [-0.39, 0.29) is 21.9 Å². The Hall–Kier alpha value is -2.89. The zero-order valence-corrected chi connectivity index (χ0v) is 20.5. The van der Waals surface area contributed by atoms with Gasteiger partial charge in [-0.1, -0.05) is 34.1 Å². The van der Waals surface area contributed by atoms with Crippen LogP contribution in [0.3, 0.4) is 0 Å². The molecule has 0 bridgehead atoms. The van der Waals surface area contributed by atoms with Crippen molar-refractivity contribution in [3.63, 3.8) is 0 Å². The number of hydrogen-bond acceptors (Lipinski definition) is 6. The summed E-state index contributed by atoms with van der Waals surface area (Å²) < 4.78 is 34.3. The summed E-state index contributed by atoms with van der Waals surface area (Å²) in [4.78, 5) is 12.3. The van der Waals surface area contributed by atoms with Gasteiger partial charge in [-0.15, -0.1) is 0 Å². The third-order valence-corrected chi connectivity index (χ3v) is 6.61. The lowest BCUT2D eigenvalue weighted by atomic mass is 10.2. The number of hydrogen-bond donors (Lipinski definition) is 3. The lowest BCUT2D eigenvalue weighted by molar-refractivity contribution is 0.0955. The summed E-state index contributed by atoms with van der Waals surface area (Å²) in [7, 11) is -2.54. The van der Waals surface area contributed by atoms with Crippen molar-refractivity contribution in [1.29, 1.82) is 0 Å². The quantitative estimate of drug-likeness (QED) is 0.280. The van der Waals surface area contributed by atoms with Crippen LogP contribution in [0.4, 0.5) is 5.69 Å². The monoisotopic (exact) mass is 581 g/mol. The summed E-state index contributed by atoms with van der Waals surface area (Å²) in [5.74, 6) is -0.299. The second-order valence-corrected chi connectivity index (χ2v) is 9.81. The van der Waals surface area contributed by atoms with E-state index in [2.05, 4.69) is 47.1 Å². The van der Waals surface area contributed by atoms with Crippen molar-refractivity contribution in [3.05, 3.63) is 80.7 Å². The molecule has 3 rings (SSSR count). The molecule has 3 N–H and O–H groups in total. The van der Waals surface area contributed by atoms with Crippen LogP contribution in [0.5, 0.6) is 11.5 Å². The lowest BCUT2D eigenvalue weighted by Crippen LogP contribution is -2.19. The highest BCUT2D eigenvalue weighted by molar-refractivity contribution is 9.11. The van der Waals surface area contributed by atoms with Crippen LogP contribution in [-0.2, 0) is 10.0 Å². The molecule has 0 fully saturated rings. The highest BCUT2D eigenvalue weighted by Crippen LogP contribution is 2.30. The number of ether oxygens (including phenoxy) is 1. The van der Waals surface area contributed by atoms with E-state index in [1.165, 1.54) is 37.6 Å². The van der Waals surface area contributed by atoms with Gasteiger partial charge in [0.25, 0.3) is 15.9 Å². The number of halogens is 2. The SMILES string of the molecule is COc1ccccc1NS(=O)(=O)c1cccc(C(=O)N/N=C\c2cc(Br)cc(Br)c2O)c1. The van der Waals surface area contributed by atoms with Crippen LogP contribution in [0.2, 0.25) is 0 Å².